The molecule has 120 valence electrons. The normalized spacial score (nSPS) is 16.8. The van der Waals surface area contributed by atoms with E-state index in [0.29, 0.717) is 42.5 Å². The number of hydrogen-bond acceptors (Lipinski definition) is 3. The number of ether oxygens (including phenoxy) is 1. The van der Waals surface area contributed by atoms with Crippen LogP contribution in [-0.2, 0) is 14.9 Å². The van der Waals surface area contributed by atoms with Crippen LogP contribution in [0.2, 0.25) is 5.02 Å². The minimum Gasteiger partial charge on any atom is -0.381 e. The molecular formula is C17H16ClFN2O2. The molecular weight excluding hydrogens is 319 g/mol. The Balaban J connectivity index is 1.92. The fourth-order valence-corrected chi connectivity index (χ4v) is 2.95. The Hall–Kier alpha value is -1.98. The summed E-state index contributed by atoms with van der Waals surface area (Å²) in [5.74, 6) is -0.145. The fourth-order valence-electron chi connectivity index (χ4n) is 2.84. The van der Waals surface area contributed by atoms with Gasteiger partial charge in [0.2, 0.25) is 5.91 Å². The van der Waals surface area contributed by atoms with E-state index in [0.717, 1.165) is 0 Å². The number of carbonyl (C=O) groups excluding carboxylic acids is 1. The number of hydrogen-bond donors (Lipinski definition) is 1. The molecule has 1 N–H and O–H groups in total. The average molecular weight is 335 g/mol. The lowest BCUT2D eigenvalue weighted by Crippen LogP contribution is -2.45. The highest BCUT2D eigenvalue weighted by Gasteiger charge is 2.42. The summed E-state index contributed by atoms with van der Waals surface area (Å²) in [4.78, 5) is 17.0. The van der Waals surface area contributed by atoms with Gasteiger partial charge in [0.05, 0.1) is 10.4 Å². The number of amides is 1. The molecule has 1 fully saturated rings. The van der Waals surface area contributed by atoms with Gasteiger partial charge in [-0.05, 0) is 42.7 Å². The summed E-state index contributed by atoms with van der Waals surface area (Å²) in [5, 5.41) is 3.31. The largest absolute Gasteiger partial charge is 0.381 e. The van der Waals surface area contributed by atoms with Crippen LogP contribution in [0, 0.1) is 5.82 Å². The molecule has 0 aliphatic carbocycles. The second kappa shape index (κ2) is 6.64. The predicted octanol–water partition coefficient (Wildman–Crippen LogP) is 3.56. The Kier molecular flexibility index (Phi) is 4.59. The van der Waals surface area contributed by atoms with Crippen LogP contribution in [0.1, 0.15) is 18.4 Å². The zero-order valence-electron chi connectivity index (χ0n) is 12.4. The third kappa shape index (κ3) is 3.35. The van der Waals surface area contributed by atoms with Crippen molar-refractivity contribution in [3.05, 3.63) is 59.0 Å². The van der Waals surface area contributed by atoms with Gasteiger partial charge >= 0.3 is 0 Å². The first-order valence-corrected chi connectivity index (χ1v) is 7.75. The maximum Gasteiger partial charge on any atom is 0.236 e. The molecule has 1 aliphatic rings. The highest BCUT2D eigenvalue weighted by molar-refractivity contribution is 6.30. The Bertz CT molecular complexity index is 700. The van der Waals surface area contributed by atoms with Crippen LogP contribution in [0.25, 0.3) is 0 Å². The molecule has 0 atom stereocenters. The Morgan fingerprint density at radius 1 is 1.26 bits per heavy atom. The highest BCUT2D eigenvalue weighted by atomic mass is 35.5. The summed E-state index contributed by atoms with van der Waals surface area (Å²) in [6.45, 7) is 0.913. The van der Waals surface area contributed by atoms with Gasteiger partial charge in [0, 0.05) is 19.4 Å². The van der Waals surface area contributed by atoms with Crippen LogP contribution >= 0.6 is 11.6 Å². The van der Waals surface area contributed by atoms with Gasteiger partial charge in [-0.15, -0.1) is 0 Å². The predicted molar refractivity (Wildman–Crippen MR) is 86.0 cm³/mol. The maximum absolute atomic E-state index is 13.6. The monoisotopic (exact) mass is 334 g/mol. The summed E-state index contributed by atoms with van der Waals surface area (Å²) in [7, 11) is 0. The fraction of sp³-hybridized carbons (Fsp3) is 0.294. The lowest BCUT2D eigenvalue weighted by Gasteiger charge is -2.36. The molecule has 2 heterocycles. The first-order chi connectivity index (χ1) is 11.1. The summed E-state index contributed by atoms with van der Waals surface area (Å²) in [6, 6.07) is 9.48. The van der Waals surface area contributed by atoms with Gasteiger partial charge in [-0.2, -0.15) is 0 Å². The first-order valence-electron chi connectivity index (χ1n) is 7.37. The van der Waals surface area contributed by atoms with Gasteiger partial charge < -0.3 is 10.1 Å². The molecule has 0 bridgehead atoms. The Morgan fingerprint density at radius 2 is 2.04 bits per heavy atom. The third-order valence-corrected chi connectivity index (χ3v) is 4.35. The molecule has 0 radical (unpaired) electrons. The van der Waals surface area contributed by atoms with Crippen molar-refractivity contribution >= 4 is 23.3 Å². The molecule has 1 amide bonds. The molecule has 4 nitrogen and oxygen atoms in total. The van der Waals surface area contributed by atoms with Crippen LogP contribution in [0.5, 0.6) is 0 Å². The van der Waals surface area contributed by atoms with E-state index in [1.807, 2.05) is 0 Å². The standard InChI is InChI=1S/C17H16ClFN2O2/c18-13-4-5-15(20-11-13)21-16(22)17(6-8-23-9-7-17)12-2-1-3-14(19)10-12/h1-5,10-11H,6-9H2,(H,20,21,22). The SMILES string of the molecule is O=C(Nc1ccc(Cl)cn1)C1(c2cccc(F)c2)CCOCC1. The molecule has 1 saturated heterocycles. The summed E-state index contributed by atoms with van der Waals surface area (Å²) < 4.78 is 19.0. The molecule has 1 aromatic heterocycles. The highest BCUT2D eigenvalue weighted by Crippen LogP contribution is 2.36. The number of pyridine rings is 1. The summed E-state index contributed by atoms with van der Waals surface area (Å²) >= 11 is 5.80. The van der Waals surface area contributed by atoms with Crippen molar-refractivity contribution in [2.24, 2.45) is 0 Å². The van der Waals surface area contributed by atoms with Crippen molar-refractivity contribution < 1.29 is 13.9 Å². The van der Waals surface area contributed by atoms with Crippen LogP contribution in [0.15, 0.2) is 42.6 Å². The van der Waals surface area contributed by atoms with Gasteiger partial charge in [0.25, 0.3) is 0 Å². The van der Waals surface area contributed by atoms with E-state index in [1.165, 1.54) is 18.3 Å². The van der Waals surface area contributed by atoms with E-state index < -0.39 is 5.41 Å². The number of halogens is 2. The van der Waals surface area contributed by atoms with Gasteiger partial charge in [-0.3, -0.25) is 4.79 Å². The van der Waals surface area contributed by atoms with E-state index in [1.54, 1.807) is 24.3 Å². The molecule has 0 unspecified atom stereocenters. The van der Waals surface area contributed by atoms with Crippen LogP contribution in [0.4, 0.5) is 10.2 Å². The molecule has 1 aromatic carbocycles. The number of carbonyl (C=O) groups is 1. The van der Waals surface area contributed by atoms with Gasteiger partial charge in [-0.1, -0.05) is 23.7 Å². The molecule has 6 heteroatoms. The number of benzene rings is 1. The van der Waals surface area contributed by atoms with Crippen molar-refractivity contribution in [2.45, 2.75) is 18.3 Å². The lowest BCUT2D eigenvalue weighted by molar-refractivity contribution is -0.125. The summed E-state index contributed by atoms with van der Waals surface area (Å²) in [5.41, 5.74) is -0.158. The third-order valence-electron chi connectivity index (χ3n) is 4.13. The molecule has 1 aliphatic heterocycles. The smallest absolute Gasteiger partial charge is 0.236 e. The zero-order valence-corrected chi connectivity index (χ0v) is 13.1. The van der Waals surface area contributed by atoms with Crippen molar-refractivity contribution in [3.8, 4) is 0 Å². The van der Waals surface area contributed by atoms with Crippen LogP contribution < -0.4 is 5.32 Å². The van der Waals surface area contributed by atoms with Crippen LogP contribution in [-0.4, -0.2) is 24.1 Å². The molecule has 0 saturated carbocycles. The quantitative estimate of drug-likeness (QED) is 0.933. The average Bonchev–Trinajstić information content (AvgIpc) is 2.57. The molecule has 3 rings (SSSR count). The number of aromatic nitrogens is 1. The minimum atomic E-state index is -0.818. The summed E-state index contributed by atoms with van der Waals surface area (Å²) in [6.07, 6.45) is 2.46. The second-order valence-electron chi connectivity index (χ2n) is 5.52. The van der Waals surface area contributed by atoms with Crippen molar-refractivity contribution in [3.63, 3.8) is 0 Å². The van der Waals surface area contributed by atoms with E-state index in [-0.39, 0.29) is 11.7 Å². The number of nitrogens with one attached hydrogen (secondary N) is 1. The van der Waals surface area contributed by atoms with E-state index >= 15 is 0 Å². The van der Waals surface area contributed by atoms with E-state index in [9.17, 15) is 9.18 Å². The van der Waals surface area contributed by atoms with Crippen molar-refractivity contribution in [1.82, 2.24) is 4.98 Å². The first kappa shape index (κ1) is 15.9. The number of rotatable bonds is 3. The molecule has 0 spiro atoms. The molecule has 23 heavy (non-hydrogen) atoms. The molecule has 2 aromatic rings. The van der Waals surface area contributed by atoms with Gasteiger partial charge in [-0.25, -0.2) is 9.37 Å². The topological polar surface area (TPSA) is 51.2 Å². The minimum absolute atomic E-state index is 0.207. The number of anilines is 1. The van der Waals surface area contributed by atoms with E-state index in [2.05, 4.69) is 10.3 Å². The van der Waals surface area contributed by atoms with E-state index in [4.69, 9.17) is 16.3 Å². The lowest BCUT2D eigenvalue weighted by atomic mass is 9.73. The number of nitrogens with zero attached hydrogens (tertiary/aromatic N) is 1. The maximum atomic E-state index is 13.6. The Morgan fingerprint density at radius 3 is 2.70 bits per heavy atom. The van der Waals surface area contributed by atoms with Gasteiger partial charge in [0.1, 0.15) is 11.6 Å². The van der Waals surface area contributed by atoms with Crippen molar-refractivity contribution in [1.29, 1.82) is 0 Å². The zero-order chi connectivity index (χ0) is 16.3. The Labute approximate surface area is 138 Å². The van der Waals surface area contributed by atoms with Gasteiger partial charge in [0.15, 0.2) is 0 Å². The second-order valence-corrected chi connectivity index (χ2v) is 5.96. The van der Waals surface area contributed by atoms with Crippen molar-refractivity contribution in [2.75, 3.05) is 18.5 Å². The van der Waals surface area contributed by atoms with Crippen LogP contribution in [0.3, 0.4) is 0 Å².